The number of amides is 3. The summed E-state index contributed by atoms with van der Waals surface area (Å²) in [4.78, 5) is 26.5. The van der Waals surface area contributed by atoms with Gasteiger partial charge >= 0.3 is 12.1 Å². The maximum absolute atomic E-state index is 11.5. The Bertz CT molecular complexity index is 430. The number of pyridine rings is 1. The van der Waals surface area contributed by atoms with Crippen LogP contribution in [0, 0.1) is 0 Å². The van der Waals surface area contributed by atoms with Crippen molar-refractivity contribution < 1.29 is 14.3 Å². The van der Waals surface area contributed by atoms with E-state index in [0.29, 0.717) is 4.60 Å². The van der Waals surface area contributed by atoms with E-state index in [-0.39, 0.29) is 12.4 Å². The Hall–Kier alpha value is -1.28. The molecule has 0 saturated heterocycles. The maximum Gasteiger partial charge on any atom is 0.415 e. The molecule has 0 aliphatic carbocycles. The Kier molecular flexibility index (Phi) is 5.23. The summed E-state index contributed by atoms with van der Waals surface area (Å²) in [5.74, 6) is 0.282. The van der Waals surface area contributed by atoms with E-state index in [1.165, 1.54) is 0 Å². The molecular formula is C9H10BrN3O3S. The first-order chi connectivity index (χ1) is 8.04. The molecule has 0 unspecified atom stereocenters. The summed E-state index contributed by atoms with van der Waals surface area (Å²) in [6.07, 6.45) is -0.827. The molecule has 0 fully saturated rings. The third-order valence-corrected chi connectivity index (χ3v) is 2.42. The summed E-state index contributed by atoms with van der Waals surface area (Å²) in [7, 11) is 0. The van der Waals surface area contributed by atoms with Crippen molar-refractivity contribution in [3.8, 4) is 0 Å². The van der Waals surface area contributed by atoms with Gasteiger partial charge in [0.1, 0.15) is 10.4 Å². The van der Waals surface area contributed by atoms with Crippen LogP contribution in [0.4, 0.5) is 15.4 Å². The minimum absolute atomic E-state index is 0.181. The number of thiol groups is 1. The second-order valence-corrected chi connectivity index (χ2v) is 3.99. The summed E-state index contributed by atoms with van der Waals surface area (Å²) in [6, 6.07) is 4.22. The van der Waals surface area contributed by atoms with Crippen LogP contribution in [0.15, 0.2) is 22.8 Å². The highest BCUT2D eigenvalue weighted by Crippen LogP contribution is 2.16. The number of nitrogens with zero attached hydrogens (tertiary/aromatic N) is 2. The molecule has 0 atom stereocenters. The van der Waals surface area contributed by atoms with E-state index >= 15 is 0 Å². The Morgan fingerprint density at radius 1 is 1.59 bits per heavy atom. The van der Waals surface area contributed by atoms with Crippen molar-refractivity contribution in [3.63, 3.8) is 0 Å². The van der Waals surface area contributed by atoms with E-state index in [2.05, 4.69) is 38.5 Å². The third kappa shape index (κ3) is 4.23. The number of hydrogen-bond donors (Lipinski definition) is 2. The Morgan fingerprint density at radius 3 is 2.88 bits per heavy atom. The van der Waals surface area contributed by atoms with Gasteiger partial charge in [-0.05, 0) is 35.0 Å². The van der Waals surface area contributed by atoms with Gasteiger partial charge in [0.15, 0.2) is 0 Å². The van der Waals surface area contributed by atoms with Crippen LogP contribution in [0.2, 0.25) is 0 Å². The van der Waals surface area contributed by atoms with E-state index in [1.807, 2.05) is 5.32 Å². The molecular weight excluding hydrogens is 310 g/mol. The molecule has 0 saturated carbocycles. The number of rotatable bonds is 2. The minimum Gasteiger partial charge on any atom is -0.450 e. The molecule has 0 aliphatic heterocycles. The van der Waals surface area contributed by atoms with Crippen molar-refractivity contribution in [2.45, 2.75) is 6.92 Å². The standard InChI is InChI=1S/C9H10BrN3O3S/c1-2-16-9(15)12-8(14)13(17)7-5-3-4-6(10)11-7/h3-5,17H,2H2,1H3,(H,12,14,15). The molecule has 0 spiro atoms. The van der Waals surface area contributed by atoms with Gasteiger partial charge in [0.05, 0.1) is 6.61 Å². The predicted molar refractivity (Wildman–Crippen MR) is 69.0 cm³/mol. The monoisotopic (exact) mass is 319 g/mol. The van der Waals surface area contributed by atoms with Crippen molar-refractivity contribution in [3.05, 3.63) is 22.8 Å². The highest BCUT2D eigenvalue weighted by atomic mass is 79.9. The van der Waals surface area contributed by atoms with Gasteiger partial charge in [0.25, 0.3) is 0 Å². The largest absolute Gasteiger partial charge is 0.450 e. The van der Waals surface area contributed by atoms with E-state index in [0.717, 1.165) is 4.31 Å². The first-order valence-electron chi connectivity index (χ1n) is 4.64. The van der Waals surface area contributed by atoms with Crippen LogP contribution in [0.25, 0.3) is 0 Å². The minimum atomic E-state index is -0.827. The molecule has 0 aromatic carbocycles. The van der Waals surface area contributed by atoms with Crippen LogP contribution in [-0.2, 0) is 4.74 Å². The molecule has 1 aromatic rings. The molecule has 8 heteroatoms. The quantitative estimate of drug-likeness (QED) is 0.648. The van der Waals surface area contributed by atoms with Crippen LogP contribution >= 0.6 is 28.7 Å². The van der Waals surface area contributed by atoms with E-state index < -0.39 is 12.1 Å². The molecule has 92 valence electrons. The van der Waals surface area contributed by atoms with Gasteiger partial charge in [-0.3, -0.25) is 0 Å². The number of hydrogen-bond acceptors (Lipinski definition) is 5. The lowest BCUT2D eigenvalue weighted by Crippen LogP contribution is -2.38. The fraction of sp³-hybridized carbons (Fsp3) is 0.222. The van der Waals surface area contributed by atoms with Crippen LogP contribution in [0.3, 0.4) is 0 Å². The number of carbonyl (C=O) groups is 2. The molecule has 0 bridgehead atoms. The Morgan fingerprint density at radius 2 is 2.29 bits per heavy atom. The maximum atomic E-state index is 11.5. The van der Waals surface area contributed by atoms with Gasteiger partial charge in [-0.15, -0.1) is 0 Å². The molecule has 6 nitrogen and oxygen atoms in total. The Labute approximate surface area is 112 Å². The van der Waals surface area contributed by atoms with E-state index in [9.17, 15) is 9.59 Å². The summed E-state index contributed by atoms with van der Waals surface area (Å²) in [5, 5.41) is 1.99. The van der Waals surface area contributed by atoms with Crippen molar-refractivity contribution >= 4 is 46.7 Å². The number of urea groups is 1. The third-order valence-electron chi connectivity index (χ3n) is 1.59. The van der Waals surface area contributed by atoms with Crippen molar-refractivity contribution in [2.24, 2.45) is 0 Å². The number of halogens is 1. The molecule has 1 rings (SSSR count). The Balaban J connectivity index is 2.67. The number of imide groups is 1. The first kappa shape index (κ1) is 13.8. The van der Waals surface area contributed by atoms with Crippen molar-refractivity contribution in [1.82, 2.24) is 10.3 Å². The number of nitrogens with one attached hydrogen (secondary N) is 1. The second-order valence-electron chi connectivity index (χ2n) is 2.78. The number of carbonyl (C=O) groups excluding carboxylic acids is 2. The van der Waals surface area contributed by atoms with E-state index in [1.54, 1.807) is 25.1 Å². The fourth-order valence-corrected chi connectivity index (χ4v) is 1.42. The van der Waals surface area contributed by atoms with E-state index in [4.69, 9.17) is 0 Å². The zero-order valence-electron chi connectivity index (χ0n) is 8.88. The van der Waals surface area contributed by atoms with Gasteiger partial charge in [-0.2, -0.15) is 0 Å². The van der Waals surface area contributed by atoms with Crippen molar-refractivity contribution in [2.75, 3.05) is 10.9 Å². The zero-order valence-corrected chi connectivity index (χ0v) is 11.4. The van der Waals surface area contributed by atoms with Crippen LogP contribution < -0.4 is 9.62 Å². The molecule has 1 aromatic heterocycles. The molecule has 0 aliphatic rings. The normalized spacial score (nSPS) is 9.59. The van der Waals surface area contributed by atoms with Crippen molar-refractivity contribution in [1.29, 1.82) is 0 Å². The number of ether oxygens (including phenoxy) is 1. The van der Waals surface area contributed by atoms with Gasteiger partial charge in [0, 0.05) is 0 Å². The summed E-state index contributed by atoms with van der Waals surface area (Å²) in [6.45, 7) is 1.82. The smallest absolute Gasteiger partial charge is 0.415 e. The molecule has 0 radical (unpaired) electrons. The second kappa shape index (κ2) is 6.45. The predicted octanol–water partition coefficient (Wildman–Crippen LogP) is 2.36. The topological polar surface area (TPSA) is 71.5 Å². The van der Waals surface area contributed by atoms with Gasteiger partial charge in [-0.25, -0.2) is 24.2 Å². The van der Waals surface area contributed by atoms with Gasteiger partial charge < -0.3 is 4.74 Å². The summed E-state index contributed by atoms with van der Waals surface area (Å²) < 4.78 is 6.02. The molecule has 1 N–H and O–H groups in total. The fourth-order valence-electron chi connectivity index (χ4n) is 0.927. The van der Waals surface area contributed by atoms with Crippen LogP contribution in [0.5, 0.6) is 0 Å². The highest BCUT2D eigenvalue weighted by molar-refractivity contribution is 9.10. The lowest BCUT2D eigenvalue weighted by Gasteiger charge is -2.14. The van der Waals surface area contributed by atoms with Gasteiger partial charge in [0.2, 0.25) is 0 Å². The zero-order chi connectivity index (χ0) is 12.8. The highest BCUT2D eigenvalue weighted by Gasteiger charge is 2.16. The summed E-state index contributed by atoms with van der Waals surface area (Å²) in [5.41, 5.74) is 0. The molecule has 1 heterocycles. The number of aromatic nitrogens is 1. The van der Waals surface area contributed by atoms with Crippen LogP contribution in [-0.4, -0.2) is 23.7 Å². The number of anilines is 1. The van der Waals surface area contributed by atoms with Gasteiger partial charge in [-0.1, -0.05) is 18.9 Å². The molecule has 3 amide bonds. The average molecular weight is 320 g/mol. The lowest BCUT2D eigenvalue weighted by atomic mass is 10.5. The first-order valence-corrected chi connectivity index (χ1v) is 5.83. The SMILES string of the molecule is CCOC(=O)NC(=O)N(S)c1cccc(Br)n1. The lowest BCUT2D eigenvalue weighted by molar-refractivity contribution is 0.154. The number of alkyl carbamates (subject to hydrolysis) is 1. The average Bonchev–Trinajstić information content (AvgIpc) is 2.28. The summed E-state index contributed by atoms with van der Waals surface area (Å²) >= 11 is 7.09. The van der Waals surface area contributed by atoms with Crippen LogP contribution in [0.1, 0.15) is 6.92 Å². The molecule has 17 heavy (non-hydrogen) atoms.